The molecule has 0 bridgehead atoms. The first-order valence-corrected chi connectivity index (χ1v) is 7.23. The molecule has 0 unspecified atom stereocenters. The quantitative estimate of drug-likeness (QED) is 0.892. The predicted octanol–water partition coefficient (Wildman–Crippen LogP) is 3.30. The second-order valence-electron chi connectivity index (χ2n) is 6.35. The van der Waals surface area contributed by atoms with E-state index < -0.39 is 17.4 Å². The summed E-state index contributed by atoms with van der Waals surface area (Å²) in [6, 6.07) is 0.919. The van der Waals surface area contributed by atoms with Crippen molar-refractivity contribution < 1.29 is 17.9 Å². The van der Waals surface area contributed by atoms with E-state index >= 15 is 0 Å². The third kappa shape index (κ3) is 5.01. The van der Waals surface area contributed by atoms with Crippen molar-refractivity contribution in [3.63, 3.8) is 0 Å². The standard InChI is InChI=1S/C14H21F3N4O/c1-13(2,3)21-12-19-10(14(15,16)17)7-11(20-12)18-8-9-5-4-6-22-9/h7,9H,4-6,8H2,1-3H3,(H2,18,19,20,21)/t9-/m1/s1. The molecule has 0 spiro atoms. The lowest BCUT2D eigenvalue weighted by Gasteiger charge is -2.22. The van der Waals surface area contributed by atoms with Gasteiger partial charge in [-0.15, -0.1) is 0 Å². The van der Waals surface area contributed by atoms with Gasteiger partial charge < -0.3 is 15.4 Å². The number of alkyl halides is 3. The summed E-state index contributed by atoms with van der Waals surface area (Å²) in [5, 5.41) is 5.78. The normalized spacial score (nSPS) is 19.3. The van der Waals surface area contributed by atoms with E-state index in [1.165, 1.54) is 0 Å². The van der Waals surface area contributed by atoms with E-state index in [0.717, 1.165) is 18.9 Å². The van der Waals surface area contributed by atoms with Crippen LogP contribution in [0.3, 0.4) is 0 Å². The molecule has 22 heavy (non-hydrogen) atoms. The summed E-state index contributed by atoms with van der Waals surface area (Å²) in [7, 11) is 0. The van der Waals surface area contributed by atoms with Gasteiger partial charge in [-0.3, -0.25) is 0 Å². The SMILES string of the molecule is CC(C)(C)Nc1nc(NC[C@H]2CCCO2)cc(C(F)(F)F)n1. The Labute approximate surface area is 127 Å². The Balaban J connectivity index is 2.17. The summed E-state index contributed by atoms with van der Waals surface area (Å²) in [6.07, 6.45) is -2.63. The summed E-state index contributed by atoms with van der Waals surface area (Å²) in [4.78, 5) is 7.66. The molecule has 1 aliphatic heterocycles. The molecule has 2 N–H and O–H groups in total. The molecule has 0 aromatic carbocycles. The van der Waals surface area contributed by atoms with Crippen LogP contribution in [-0.4, -0.2) is 34.8 Å². The molecular formula is C14H21F3N4O. The van der Waals surface area contributed by atoms with Crippen molar-refractivity contribution in [1.82, 2.24) is 9.97 Å². The molecule has 5 nitrogen and oxygen atoms in total. The van der Waals surface area contributed by atoms with Crippen LogP contribution in [0.1, 0.15) is 39.3 Å². The van der Waals surface area contributed by atoms with Gasteiger partial charge in [-0.25, -0.2) is 4.98 Å². The summed E-state index contributed by atoms with van der Waals surface area (Å²) >= 11 is 0. The number of hydrogen-bond donors (Lipinski definition) is 2. The Morgan fingerprint density at radius 1 is 1.27 bits per heavy atom. The average molecular weight is 318 g/mol. The number of halogens is 3. The number of nitrogens with one attached hydrogen (secondary N) is 2. The minimum atomic E-state index is -4.52. The Kier molecular flexibility index (Phi) is 4.79. The molecule has 0 aliphatic carbocycles. The lowest BCUT2D eigenvalue weighted by Crippen LogP contribution is -2.28. The molecule has 2 rings (SSSR count). The zero-order valence-electron chi connectivity index (χ0n) is 12.9. The van der Waals surface area contributed by atoms with Crippen LogP contribution < -0.4 is 10.6 Å². The second kappa shape index (κ2) is 6.28. The number of hydrogen-bond acceptors (Lipinski definition) is 5. The van der Waals surface area contributed by atoms with Gasteiger partial charge in [-0.1, -0.05) is 0 Å². The third-order valence-corrected chi connectivity index (χ3v) is 3.04. The largest absolute Gasteiger partial charge is 0.433 e. The lowest BCUT2D eigenvalue weighted by molar-refractivity contribution is -0.141. The zero-order chi connectivity index (χ0) is 16.4. The van der Waals surface area contributed by atoms with E-state index in [1.807, 2.05) is 20.8 Å². The first-order valence-electron chi connectivity index (χ1n) is 7.23. The average Bonchev–Trinajstić information content (AvgIpc) is 2.86. The van der Waals surface area contributed by atoms with Gasteiger partial charge in [0.15, 0.2) is 5.69 Å². The molecule has 1 saturated heterocycles. The van der Waals surface area contributed by atoms with Crippen LogP contribution >= 0.6 is 0 Å². The van der Waals surface area contributed by atoms with E-state index in [-0.39, 0.29) is 17.9 Å². The minimum Gasteiger partial charge on any atom is -0.376 e. The molecule has 0 radical (unpaired) electrons. The Morgan fingerprint density at radius 3 is 2.55 bits per heavy atom. The summed E-state index contributed by atoms with van der Waals surface area (Å²) < 4.78 is 44.3. The smallest absolute Gasteiger partial charge is 0.376 e. The van der Waals surface area contributed by atoms with Crippen molar-refractivity contribution in [1.29, 1.82) is 0 Å². The predicted molar refractivity (Wildman–Crippen MR) is 77.9 cm³/mol. The number of ether oxygens (including phenoxy) is 1. The van der Waals surface area contributed by atoms with Crippen molar-refractivity contribution in [3.05, 3.63) is 11.8 Å². The Bertz CT molecular complexity index is 508. The minimum absolute atomic E-state index is 0.0170. The lowest BCUT2D eigenvalue weighted by atomic mass is 10.1. The Morgan fingerprint density at radius 2 is 2.00 bits per heavy atom. The highest BCUT2D eigenvalue weighted by Gasteiger charge is 2.34. The highest BCUT2D eigenvalue weighted by Crippen LogP contribution is 2.30. The van der Waals surface area contributed by atoms with Crippen LogP contribution in [0.15, 0.2) is 6.07 Å². The van der Waals surface area contributed by atoms with Gasteiger partial charge in [-0.05, 0) is 33.6 Å². The van der Waals surface area contributed by atoms with Crippen LogP contribution in [-0.2, 0) is 10.9 Å². The fourth-order valence-electron chi connectivity index (χ4n) is 2.10. The molecule has 0 amide bonds. The van der Waals surface area contributed by atoms with Gasteiger partial charge in [0.05, 0.1) is 6.10 Å². The van der Waals surface area contributed by atoms with Crippen LogP contribution in [0.5, 0.6) is 0 Å². The van der Waals surface area contributed by atoms with E-state index in [9.17, 15) is 13.2 Å². The maximum absolute atomic E-state index is 13.0. The van der Waals surface area contributed by atoms with Crippen molar-refractivity contribution in [2.24, 2.45) is 0 Å². The summed E-state index contributed by atoms with van der Waals surface area (Å²) in [5.74, 6) is 0.0988. The highest BCUT2D eigenvalue weighted by molar-refractivity contribution is 5.44. The van der Waals surface area contributed by atoms with Crippen molar-refractivity contribution in [3.8, 4) is 0 Å². The van der Waals surface area contributed by atoms with Gasteiger partial charge in [0.25, 0.3) is 0 Å². The molecule has 2 heterocycles. The second-order valence-corrected chi connectivity index (χ2v) is 6.35. The van der Waals surface area contributed by atoms with Crippen molar-refractivity contribution in [2.75, 3.05) is 23.8 Å². The first-order chi connectivity index (χ1) is 10.1. The first kappa shape index (κ1) is 16.8. The summed E-state index contributed by atoms with van der Waals surface area (Å²) in [6.45, 7) is 6.62. The molecule has 0 saturated carbocycles. The van der Waals surface area contributed by atoms with Crippen molar-refractivity contribution in [2.45, 2.75) is 51.4 Å². The van der Waals surface area contributed by atoms with E-state index in [4.69, 9.17) is 4.74 Å². The van der Waals surface area contributed by atoms with E-state index in [1.54, 1.807) is 0 Å². The third-order valence-electron chi connectivity index (χ3n) is 3.04. The monoisotopic (exact) mass is 318 g/mol. The molecule has 1 atom stereocenters. The fraction of sp³-hybridized carbons (Fsp3) is 0.714. The van der Waals surface area contributed by atoms with Crippen LogP contribution in [0.25, 0.3) is 0 Å². The van der Waals surface area contributed by atoms with Crippen LogP contribution in [0.2, 0.25) is 0 Å². The number of rotatable bonds is 4. The molecule has 1 aliphatic rings. The van der Waals surface area contributed by atoms with Gasteiger partial charge in [0, 0.05) is 24.8 Å². The van der Waals surface area contributed by atoms with Gasteiger partial charge in [0.1, 0.15) is 5.82 Å². The highest BCUT2D eigenvalue weighted by atomic mass is 19.4. The number of anilines is 2. The topological polar surface area (TPSA) is 59.1 Å². The zero-order valence-corrected chi connectivity index (χ0v) is 12.9. The Hall–Kier alpha value is -1.57. The molecule has 1 fully saturated rings. The molecule has 8 heteroatoms. The molecular weight excluding hydrogens is 297 g/mol. The van der Waals surface area contributed by atoms with Gasteiger partial charge in [-0.2, -0.15) is 18.2 Å². The van der Waals surface area contributed by atoms with Gasteiger partial charge >= 0.3 is 6.18 Å². The van der Waals surface area contributed by atoms with Crippen molar-refractivity contribution >= 4 is 11.8 Å². The number of aromatic nitrogens is 2. The molecule has 1 aromatic heterocycles. The number of nitrogens with zero attached hydrogens (tertiary/aromatic N) is 2. The van der Waals surface area contributed by atoms with E-state index in [0.29, 0.717) is 13.2 Å². The maximum atomic E-state index is 13.0. The summed E-state index contributed by atoms with van der Waals surface area (Å²) in [5.41, 5.74) is -1.40. The van der Waals surface area contributed by atoms with Crippen LogP contribution in [0, 0.1) is 0 Å². The van der Waals surface area contributed by atoms with E-state index in [2.05, 4.69) is 20.6 Å². The molecule has 124 valence electrons. The fourth-order valence-corrected chi connectivity index (χ4v) is 2.10. The van der Waals surface area contributed by atoms with Gasteiger partial charge in [0.2, 0.25) is 5.95 Å². The molecule has 1 aromatic rings. The van der Waals surface area contributed by atoms with Crippen LogP contribution in [0.4, 0.5) is 24.9 Å². The maximum Gasteiger partial charge on any atom is 0.433 e.